The molecule has 0 bridgehead atoms. The first-order valence-electron chi connectivity index (χ1n) is 13.2. The Morgan fingerprint density at radius 2 is 1.51 bits per heavy atom. The Balaban J connectivity index is 1.66. The van der Waals surface area contributed by atoms with E-state index in [0.717, 1.165) is 32.6 Å². The van der Waals surface area contributed by atoms with Gasteiger partial charge in [0, 0.05) is 27.3 Å². The minimum absolute atomic E-state index is 0.385. The molecule has 6 heteroatoms. The lowest BCUT2D eigenvalue weighted by Crippen LogP contribution is -2.08. The number of rotatable bonds is 4. The van der Waals surface area contributed by atoms with Gasteiger partial charge >= 0.3 is 5.63 Å². The monoisotopic (exact) mass is 530 g/mol. The highest BCUT2D eigenvalue weighted by atomic mass is 16.4. The predicted molar refractivity (Wildman–Crippen MR) is 165 cm³/mol. The van der Waals surface area contributed by atoms with Gasteiger partial charge in [-0.15, -0.1) is 6.42 Å². The van der Waals surface area contributed by atoms with Gasteiger partial charge in [0.1, 0.15) is 5.52 Å². The lowest BCUT2D eigenvalue weighted by atomic mass is 10.1. The molecule has 0 aliphatic rings. The van der Waals surface area contributed by atoms with Crippen LogP contribution in [-0.2, 0) is 0 Å². The van der Waals surface area contributed by atoms with Crippen LogP contribution >= 0.6 is 0 Å². The van der Waals surface area contributed by atoms with Gasteiger partial charge in [-0.3, -0.25) is 4.57 Å². The Kier molecular flexibility index (Phi) is 5.76. The molecule has 0 unspecified atom stereocenters. The maximum Gasteiger partial charge on any atom is 0.344 e. The molecule has 0 aliphatic carbocycles. The van der Waals surface area contributed by atoms with Crippen LogP contribution in [0.3, 0.4) is 0 Å². The van der Waals surface area contributed by atoms with Gasteiger partial charge in [0.25, 0.3) is 0 Å². The molecule has 0 saturated carbocycles. The highest BCUT2D eigenvalue weighted by molar-refractivity contribution is 6.20. The fourth-order valence-corrected chi connectivity index (χ4v) is 5.36. The van der Waals surface area contributed by atoms with E-state index in [2.05, 4.69) is 12.0 Å². The number of para-hydroxylation sites is 1. The van der Waals surface area contributed by atoms with Crippen LogP contribution in [0.25, 0.3) is 66.5 Å². The summed E-state index contributed by atoms with van der Waals surface area (Å²) < 4.78 is 8.00. The second kappa shape index (κ2) is 9.74. The molecular weight excluding hydrogens is 508 g/mol. The van der Waals surface area contributed by atoms with Gasteiger partial charge < -0.3 is 4.42 Å². The summed E-state index contributed by atoms with van der Waals surface area (Å²) in [6.07, 6.45) is 11.1. The van der Waals surface area contributed by atoms with Crippen molar-refractivity contribution in [3.05, 3.63) is 125 Å². The van der Waals surface area contributed by atoms with E-state index >= 15 is 0 Å². The number of nitrogens with zero attached hydrogens (tertiary/aromatic N) is 4. The third-order valence-electron chi connectivity index (χ3n) is 7.12. The average Bonchev–Trinajstić information content (AvgIpc) is 3.36. The summed E-state index contributed by atoms with van der Waals surface area (Å²) in [7, 11) is 0. The molecule has 3 aromatic heterocycles. The van der Waals surface area contributed by atoms with E-state index in [4.69, 9.17) is 25.8 Å². The largest absolute Gasteiger partial charge is 0.420 e. The smallest absolute Gasteiger partial charge is 0.344 e. The number of allylic oxidation sites excluding steroid dienone is 4. The van der Waals surface area contributed by atoms with Crippen molar-refractivity contribution in [3.8, 4) is 29.7 Å². The quantitative estimate of drug-likeness (QED) is 0.102. The molecule has 194 valence electrons. The zero-order valence-electron chi connectivity index (χ0n) is 22.1. The molecule has 0 radical (unpaired) electrons. The third-order valence-corrected chi connectivity index (χ3v) is 7.12. The number of terminal acetylenes is 1. The lowest BCUT2D eigenvalue weighted by molar-refractivity contribution is 0.571. The highest BCUT2D eigenvalue weighted by Crippen LogP contribution is 2.37. The molecule has 0 N–H and O–H groups in total. The molecule has 0 amide bonds. The van der Waals surface area contributed by atoms with E-state index in [1.807, 2.05) is 103 Å². The number of aromatic nitrogens is 4. The van der Waals surface area contributed by atoms with Gasteiger partial charge in [-0.2, -0.15) is 9.97 Å². The Labute approximate surface area is 234 Å². The fraction of sp³-hybridized carbons (Fsp3) is 0.0286. The SMILES string of the molecule is C#CC=C(C=CC)c1nc(-c2ccccc2)nc(-n2c3ccccc3c3ccc4c5ccccc5c(=O)oc4c32)n1. The minimum atomic E-state index is -0.397. The number of hydrogen-bond acceptors (Lipinski definition) is 5. The van der Waals surface area contributed by atoms with E-state index in [0.29, 0.717) is 39.7 Å². The second-order valence-electron chi connectivity index (χ2n) is 9.54. The molecule has 7 aromatic rings. The van der Waals surface area contributed by atoms with Crippen molar-refractivity contribution in [3.63, 3.8) is 0 Å². The van der Waals surface area contributed by atoms with Crippen molar-refractivity contribution in [2.75, 3.05) is 0 Å². The molecule has 3 heterocycles. The minimum Gasteiger partial charge on any atom is -0.420 e. The number of benzene rings is 4. The summed E-state index contributed by atoms with van der Waals surface area (Å²) in [5.41, 5.74) is 3.16. The van der Waals surface area contributed by atoms with Crippen LogP contribution in [0, 0.1) is 12.3 Å². The standard InChI is InChI=1S/C35H22N4O2/c1-3-12-22(13-4-2)32-36-33(23-14-6-5-7-15-23)38-35(37-32)39-29-19-11-10-17-25(29)26-20-21-27-24-16-8-9-18-28(24)34(40)41-31(27)30(26)39/h1,4-21H,2H3. The molecular formula is C35H22N4O2. The first-order chi connectivity index (χ1) is 20.2. The Hall–Kier alpha value is -5.80. The second-order valence-corrected chi connectivity index (χ2v) is 9.54. The normalized spacial score (nSPS) is 12.1. The van der Waals surface area contributed by atoms with Gasteiger partial charge in [-0.25, -0.2) is 9.78 Å². The molecule has 0 atom stereocenters. The van der Waals surface area contributed by atoms with Crippen molar-refractivity contribution in [2.24, 2.45) is 0 Å². The van der Waals surface area contributed by atoms with Crippen LogP contribution in [0.2, 0.25) is 0 Å². The summed E-state index contributed by atoms with van der Waals surface area (Å²) in [6, 6.07) is 29.3. The lowest BCUT2D eigenvalue weighted by Gasteiger charge is -2.12. The van der Waals surface area contributed by atoms with Crippen LogP contribution in [-0.4, -0.2) is 19.5 Å². The van der Waals surface area contributed by atoms with E-state index in [1.54, 1.807) is 12.1 Å². The predicted octanol–water partition coefficient (Wildman–Crippen LogP) is 7.49. The number of fused-ring (bicyclic) bond motifs is 7. The van der Waals surface area contributed by atoms with Gasteiger partial charge in [0.05, 0.1) is 10.9 Å². The topological polar surface area (TPSA) is 73.8 Å². The molecule has 0 spiro atoms. The van der Waals surface area contributed by atoms with Crippen LogP contribution < -0.4 is 5.63 Å². The summed E-state index contributed by atoms with van der Waals surface area (Å²) >= 11 is 0. The van der Waals surface area contributed by atoms with Crippen molar-refractivity contribution in [2.45, 2.75) is 6.92 Å². The molecule has 41 heavy (non-hydrogen) atoms. The van der Waals surface area contributed by atoms with Crippen LogP contribution in [0.1, 0.15) is 12.7 Å². The first kappa shape index (κ1) is 24.3. The molecule has 6 nitrogen and oxygen atoms in total. The molecule has 0 aliphatic heterocycles. The van der Waals surface area contributed by atoms with Gasteiger partial charge in [0.2, 0.25) is 5.95 Å². The summed E-state index contributed by atoms with van der Waals surface area (Å²) in [5, 5.41) is 4.09. The zero-order valence-corrected chi connectivity index (χ0v) is 22.1. The van der Waals surface area contributed by atoms with Crippen LogP contribution in [0.4, 0.5) is 0 Å². The Morgan fingerprint density at radius 1 is 0.805 bits per heavy atom. The first-order valence-corrected chi connectivity index (χ1v) is 13.2. The summed E-state index contributed by atoms with van der Waals surface area (Å²) in [6.45, 7) is 1.91. The number of hydrogen-bond donors (Lipinski definition) is 0. The van der Waals surface area contributed by atoms with Gasteiger partial charge in [-0.05, 0) is 36.6 Å². The molecule has 4 aromatic carbocycles. The fourth-order valence-electron chi connectivity index (χ4n) is 5.36. The van der Waals surface area contributed by atoms with Crippen LogP contribution in [0.15, 0.2) is 118 Å². The zero-order chi connectivity index (χ0) is 27.9. The van der Waals surface area contributed by atoms with E-state index in [9.17, 15) is 4.79 Å². The van der Waals surface area contributed by atoms with E-state index in [-0.39, 0.29) is 0 Å². The molecule has 0 fully saturated rings. The van der Waals surface area contributed by atoms with Crippen LogP contribution in [0.5, 0.6) is 0 Å². The van der Waals surface area contributed by atoms with Crippen molar-refractivity contribution in [1.29, 1.82) is 0 Å². The van der Waals surface area contributed by atoms with E-state index < -0.39 is 5.63 Å². The maximum atomic E-state index is 13.2. The Morgan fingerprint density at radius 3 is 2.29 bits per heavy atom. The van der Waals surface area contributed by atoms with Crippen molar-refractivity contribution in [1.82, 2.24) is 19.5 Å². The maximum absolute atomic E-state index is 13.2. The Bertz CT molecular complexity index is 2300. The third kappa shape index (κ3) is 3.91. The van der Waals surface area contributed by atoms with Gasteiger partial charge in [-0.1, -0.05) is 90.9 Å². The van der Waals surface area contributed by atoms with Crippen molar-refractivity contribution >= 4 is 49.1 Å². The van der Waals surface area contributed by atoms with Crippen molar-refractivity contribution < 1.29 is 4.42 Å². The highest BCUT2D eigenvalue weighted by Gasteiger charge is 2.21. The molecule has 0 saturated heterocycles. The summed E-state index contributed by atoms with van der Waals surface area (Å²) in [5.74, 6) is 3.92. The van der Waals surface area contributed by atoms with Gasteiger partial charge in [0.15, 0.2) is 17.2 Å². The molecule has 7 rings (SSSR count). The average molecular weight is 531 g/mol. The van der Waals surface area contributed by atoms with E-state index in [1.165, 1.54) is 0 Å². The summed E-state index contributed by atoms with van der Waals surface area (Å²) in [4.78, 5) is 27.9.